The van der Waals surface area contributed by atoms with Crippen molar-refractivity contribution in [2.24, 2.45) is 4.99 Å². The molecule has 0 N–H and O–H groups in total. The van der Waals surface area contributed by atoms with Crippen molar-refractivity contribution in [3.8, 4) is 10.9 Å². The molecular weight excluding hydrogens is 380 g/mol. The Morgan fingerprint density at radius 2 is 1.90 bits per heavy atom. The van der Waals surface area contributed by atoms with Gasteiger partial charge in [-0.3, -0.25) is 0 Å². The SMILES string of the molecule is CCC(c1ccccc1)c1nsc(Oc2cc(C)c(N=CN(C)CC)cc2C)n1. The van der Waals surface area contributed by atoms with Crippen molar-refractivity contribution in [3.63, 3.8) is 0 Å². The molecule has 0 amide bonds. The van der Waals surface area contributed by atoms with Crippen molar-refractivity contribution < 1.29 is 4.74 Å². The maximum atomic E-state index is 6.09. The van der Waals surface area contributed by atoms with Crippen molar-refractivity contribution in [3.05, 3.63) is 65.0 Å². The van der Waals surface area contributed by atoms with Gasteiger partial charge in [0.25, 0.3) is 5.19 Å². The predicted molar refractivity (Wildman–Crippen MR) is 121 cm³/mol. The molecule has 6 heteroatoms. The van der Waals surface area contributed by atoms with Gasteiger partial charge in [0.1, 0.15) is 5.75 Å². The first-order valence-electron chi connectivity index (χ1n) is 9.93. The fourth-order valence-electron chi connectivity index (χ4n) is 3.02. The number of nitrogens with zero attached hydrogens (tertiary/aromatic N) is 4. The average Bonchev–Trinajstić information content (AvgIpc) is 3.18. The summed E-state index contributed by atoms with van der Waals surface area (Å²) in [6.45, 7) is 9.24. The molecule has 1 atom stereocenters. The van der Waals surface area contributed by atoms with Gasteiger partial charge < -0.3 is 9.64 Å². The zero-order valence-corrected chi connectivity index (χ0v) is 18.5. The largest absolute Gasteiger partial charge is 0.430 e. The molecule has 0 fully saturated rings. The minimum atomic E-state index is 0.180. The lowest BCUT2D eigenvalue weighted by Crippen LogP contribution is -2.14. The number of hydrogen-bond acceptors (Lipinski definition) is 5. The van der Waals surface area contributed by atoms with E-state index in [-0.39, 0.29) is 5.92 Å². The topological polar surface area (TPSA) is 50.6 Å². The molecule has 3 rings (SSSR count). The van der Waals surface area contributed by atoms with E-state index >= 15 is 0 Å². The van der Waals surface area contributed by atoms with Crippen molar-refractivity contribution in [2.75, 3.05) is 13.6 Å². The molecule has 3 aromatic rings. The smallest absolute Gasteiger partial charge is 0.298 e. The molecule has 0 saturated carbocycles. The number of aliphatic imine (C=N–C) groups is 1. The summed E-state index contributed by atoms with van der Waals surface area (Å²) in [5.41, 5.74) is 4.26. The third-order valence-electron chi connectivity index (χ3n) is 4.93. The Morgan fingerprint density at radius 3 is 2.59 bits per heavy atom. The van der Waals surface area contributed by atoms with Crippen LogP contribution in [0.2, 0.25) is 0 Å². The molecule has 0 aliphatic rings. The molecule has 5 nitrogen and oxygen atoms in total. The van der Waals surface area contributed by atoms with Crippen LogP contribution in [0, 0.1) is 13.8 Å². The summed E-state index contributed by atoms with van der Waals surface area (Å²) < 4.78 is 10.6. The van der Waals surface area contributed by atoms with E-state index in [9.17, 15) is 0 Å². The molecule has 29 heavy (non-hydrogen) atoms. The highest BCUT2D eigenvalue weighted by Crippen LogP contribution is 2.34. The van der Waals surface area contributed by atoms with Crippen LogP contribution in [0.15, 0.2) is 47.5 Å². The van der Waals surface area contributed by atoms with Gasteiger partial charge in [0.05, 0.1) is 12.0 Å². The van der Waals surface area contributed by atoms with Crippen LogP contribution >= 0.6 is 11.5 Å². The summed E-state index contributed by atoms with van der Waals surface area (Å²) in [6, 6.07) is 14.4. The Bertz CT molecular complexity index is 968. The number of benzene rings is 2. The van der Waals surface area contributed by atoms with E-state index in [0.717, 1.165) is 41.4 Å². The predicted octanol–water partition coefficient (Wildman–Crippen LogP) is 6.10. The van der Waals surface area contributed by atoms with Crippen LogP contribution in [0.3, 0.4) is 0 Å². The van der Waals surface area contributed by atoms with Gasteiger partial charge in [-0.2, -0.15) is 9.36 Å². The van der Waals surface area contributed by atoms with Gasteiger partial charge in [-0.05, 0) is 56.0 Å². The van der Waals surface area contributed by atoms with Crippen molar-refractivity contribution in [2.45, 2.75) is 40.0 Å². The molecule has 0 saturated heterocycles. The summed E-state index contributed by atoms with van der Waals surface area (Å²) in [7, 11) is 2.01. The van der Waals surface area contributed by atoms with Crippen LogP contribution in [0.4, 0.5) is 5.69 Å². The number of ether oxygens (including phenoxy) is 1. The summed E-state index contributed by atoms with van der Waals surface area (Å²) in [4.78, 5) is 11.3. The highest BCUT2D eigenvalue weighted by Gasteiger charge is 2.18. The molecule has 0 radical (unpaired) electrons. The van der Waals surface area contributed by atoms with Crippen LogP contribution in [-0.2, 0) is 0 Å². The van der Waals surface area contributed by atoms with Gasteiger partial charge in [-0.15, -0.1) is 0 Å². The highest BCUT2D eigenvalue weighted by atomic mass is 32.1. The standard InChI is InChI=1S/C23H28N4OS/c1-6-19(18-11-9-8-10-12-18)22-25-23(29-26-22)28-21-14-16(3)20(13-17(21)4)24-15-27(5)7-2/h8-15,19H,6-7H2,1-5H3. The van der Waals surface area contributed by atoms with Gasteiger partial charge in [0.15, 0.2) is 5.82 Å². The lowest BCUT2D eigenvalue weighted by molar-refractivity contribution is 0.472. The Balaban J connectivity index is 1.79. The second-order valence-corrected chi connectivity index (χ2v) is 7.83. The lowest BCUT2D eigenvalue weighted by atomic mass is 9.96. The van der Waals surface area contributed by atoms with Gasteiger partial charge >= 0.3 is 0 Å². The van der Waals surface area contributed by atoms with Crippen LogP contribution < -0.4 is 4.74 Å². The van der Waals surface area contributed by atoms with E-state index in [1.165, 1.54) is 17.1 Å². The minimum Gasteiger partial charge on any atom is -0.430 e. The number of hydrogen-bond donors (Lipinski definition) is 0. The molecule has 1 aromatic heterocycles. The highest BCUT2D eigenvalue weighted by molar-refractivity contribution is 7.07. The fourth-order valence-corrected chi connectivity index (χ4v) is 3.62. The van der Waals surface area contributed by atoms with E-state index in [1.54, 1.807) is 0 Å². The first kappa shape index (κ1) is 21.0. The first-order chi connectivity index (χ1) is 14.0. The second-order valence-electron chi connectivity index (χ2n) is 7.11. The zero-order valence-electron chi connectivity index (χ0n) is 17.7. The van der Waals surface area contributed by atoms with Gasteiger partial charge in [-0.1, -0.05) is 37.3 Å². The van der Waals surface area contributed by atoms with Gasteiger partial charge in [-0.25, -0.2) is 4.99 Å². The van der Waals surface area contributed by atoms with E-state index in [2.05, 4.69) is 52.5 Å². The fraction of sp³-hybridized carbons (Fsp3) is 0.348. The molecule has 2 aromatic carbocycles. The van der Waals surface area contributed by atoms with E-state index in [1.807, 2.05) is 50.3 Å². The zero-order chi connectivity index (χ0) is 20.8. The molecule has 0 aliphatic heterocycles. The Labute approximate surface area is 177 Å². The first-order valence-corrected chi connectivity index (χ1v) is 10.7. The molecule has 1 heterocycles. The molecule has 0 spiro atoms. The molecule has 1 unspecified atom stereocenters. The molecule has 0 aliphatic carbocycles. The van der Waals surface area contributed by atoms with Crippen molar-refractivity contribution in [1.82, 2.24) is 14.3 Å². The third kappa shape index (κ3) is 5.21. The Kier molecular flexibility index (Phi) is 6.99. The quantitative estimate of drug-likeness (QED) is 0.334. The summed E-state index contributed by atoms with van der Waals surface area (Å²) in [6.07, 6.45) is 2.80. The monoisotopic (exact) mass is 408 g/mol. The number of rotatable bonds is 8. The Hall–Kier alpha value is -2.73. The minimum absolute atomic E-state index is 0.180. The summed E-state index contributed by atoms with van der Waals surface area (Å²) >= 11 is 1.30. The van der Waals surface area contributed by atoms with E-state index in [4.69, 9.17) is 4.74 Å². The maximum Gasteiger partial charge on any atom is 0.298 e. The lowest BCUT2D eigenvalue weighted by Gasteiger charge is -2.12. The summed E-state index contributed by atoms with van der Waals surface area (Å²) in [5, 5.41) is 0.568. The second kappa shape index (κ2) is 9.65. The summed E-state index contributed by atoms with van der Waals surface area (Å²) in [5.74, 6) is 1.79. The van der Waals surface area contributed by atoms with E-state index < -0.39 is 0 Å². The van der Waals surface area contributed by atoms with Crippen molar-refractivity contribution in [1.29, 1.82) is 0 Å². The molecular formula is C23H28N4OS. The molecule has 152 valence electrons. The number of aromatic nitrogens is 2. The van der Waals surface area contributed by atoms with E-state index in [0.29, 0.717) is 5.19 Å². The average molecular weight is 409 g/mol. The van der Waals surface area contributed by atoms with Crippen LogP contribution in [-0.4, -0.2) is 34.2 Å². The molecule has 0 bridgehead atoms. The van der Waals surface area contributed by atoms with Crippen LogP contribution in [0.25, 0.3) is 0 Å². The number of aryl methyl sites for hydroxylation is 2. The van der Waals surface area contributed by atoms with Gasteiger partial charge in [0.2, 0.25) is 0 Å². The van der Waals surface area contributed by atoms with Gasteiger partial charge in [0, 0.05) is 31.0 Å². The van der Waals surface area contributed by atoms with Crippen LogP contribution in [0.1, 0.15) is 48.7 Å². The normalized spacial score (nSPS) is 12.3. The van der Waals surface area contributed by atoms with Crippen molar-refractivity contribution >= 4 is 23.6 Å². The van der Waals surface area contributed by atoms with Crippen LogP contribution in [0.5, 0.6) is 10.9 Å². The Morgan fingerprint density at radius 1 is 1.14 bits per heavy atom. The third-order valence-corrected chi connectivity index (χ3v) is 5.54. The maximum absolute atomic E-state index is 6.09.